The summed E-state index contributed by atoms with van der Waals surface area (Å²) in [6, 6.07) is 31.7. The van der Waals surface area contributed by atoms with Crippen LogP contribution in [0, 0.1) is 0 Å². The molecule has 5 aromatic carbocycles. The lowest BCUT2D eigenvalue weighted by Crippen LogP contribution is -2.55. The Bertz CT molecular complexity index is 2580. The number of hydrogen-bond acceptors (Lipinski definition) is 0. The number of rotatable bonds is 0. The minimum atomic E-state index is 0.00438. The van der Waals surface area contributed by atoms with E-state index in [1.54, 1.807) is 0 Å². The molecular weight excluding hydrogens is 591 g/mol. The maximum absolute atomic E-state index is 2.73. The van der Waals surface area contributed by atoms with E-state index in [9.17, 15) is 0 Å². The summed E-state index contributed by atoms with van der Waals surface area (Å²) in [5, 5.41) is 5.48. The Morgan fingerprint density at radius 2 is 0.959 bits per heavy atom. The Morgan fingerprint density at radius 1 is 0.449 bits per heavy atom. The SMILES string of the molecule is CC(C)(C)c1ccc2c(c1)c1cc(C(C)(C)C)cc3c1n2B1c2c-3cccc2-n2c3ccc(C(C)(C)C)cc3c3cc(C(C)(C)C)cc1c32. The molecule has 4 heterocycles. The standard InChI is InChI=1S/C46H49BN2/c1-43(2,3)26-16-18-37-31(20-26)35-24-29(46(10,11)12)25-36-42(35)48(37)39-15-13-14-30-33-22-28(45(7,8)9)23-34-32-21-27(44(4,5)6)17-19-38(32)49(41(33)34)47(36)40(30)39/h13-25H,1-12H3. The van der Waals surface area contributed by atoms with Crippen molar-refractivity contribution in [3.8, 4) is 16.8 Å². The number of nitrogens with zero attached hydrogens (tertiary/aromatic N) is 2. The van der Waals surface area contributed by atoms with Crippen molar-refractivity contribution < 1.29 is 0 Å². The minimum absolute atomic E-state index is 0.00438. The largest absolute Gasteiger partial charge is 0.375 e. The van der Waals surface area contributed by atoms with Crippen LogP contribution in [0.3, 0.4) is 0 Å². The Labute approximate surface area is 292 Å². The lowest BCUT2D eigenvalue weighted by Gasteiger charge is -2.35. The monoisotopic (exact) mass is 640 g/mol. The molecule has 0 radical (unpaired) electrons. The van der Waals surface area contributed by atoms with Crippen molar-refractivity contribution in [3.63, 3.8) is 0 Å². The van der Waals surface area contributed by atoms with E-state index in [0.717, 1.165) is 0 Å². The van der Waals surface area contributed by atoms with Gasteiger partial charge in [-0.05, 0) is 109 Å². The fourth-order valence-electron chi connectivity index (χ4n) is 8.79. The summed E-state index contributed by atoms with van der Waals surface area (Å²) in [5.74, 6) is 0. The number of hydrogen-bond donors (Lipinski definition) is 0. The zero-order valence-corrected chi connectivity index (χ0v) is 31.5. The van der Waals surface area contributed by atoms with Crippen LogP contribution in [0.5, 0.6) is 0 Å². The quantitative estimate of drug-likeness (QED) is 0.146. The van der Waals surface area contributed by atoms with Crippen molar-refractivity contribution in [3.05, 3.63) is 101 Å². The normalized spacial score (nSPS) is 14.5. The molecule has 7 aromatic rings. The molecule has 0 saturated carbocycles. The van der Waals surface area contributed by atoms with Gasteiger partial charge in [-0.15, -0.1) is 0 Å². The van der Waals surface area contributed by atoms with Gasteiger partial charge in [-0.25, -0.2) is 0 Å². The third kappa shape index (κ3) is 4.14. The van der Waals surface area contributed by atoms with Crippen LogP contribution in [-0.2, 0) is 21.7 Å². The van der Waals surface area contributed by atoms with E-state index >= 15 is 0 Å². The molecule has 2 aliphatic heterocycles. The molecular formula is C46H49BN2. The van der Waals surface area contributed by atoms with Gasteiger partial charge in [0.2, 0.25) is 0 Å². The fourth-order valence-corrected chi connectivity index (χ4v) is 8.79. The van der Waals surface area contributed by atoms with E-state index in [1.807, 2.05) is 0 Å². The molecule has 0 amide bonds. The molecule has 0 spiro atoms. The van der Waals surface area contributed by atoms with E-state index < -0.39 is 0 Å². The summed E-state index contributed by atoms with van der Waals surface area (Å²) in [6.45, 7) is 28.2. The second kappa shape index (κ2) is 9.30. The first-order chi connectivity index (χ1) is 22.8. The molecule has 0 atom stereocenters. The Kier molecular flexibility index (Phi) is 5.85. The van der Waals surface area contributed by atoms with Gasteiger partial charge in [0, 0.05) is 43.8 Å². The third-order valence-electron chi connectivity index (χ3n) is 11.7. The van der Waals surface area contributed by atoms with Crippen LogP contribution < -0.4 is 10.9 Å². The second-order valence-electron chi connectivity index (χ2n) is 19.2. The van der Waals surface area contributed by atoms with E-state index in [1.165, 1.54) is 93.6 Å². The summed E-state index contributed by atoms with van der Waals surface area (Å²) in [5.41, 5.74) is 18.0. The first kappa shape index (κ1) is 30.8. The highest BCUT2D eigenvalue weighted by molar-refractivity contribution is 6.90. The zero-order chi connectivity index (χ0) is 34.7. The lowest BCUT2D eigenvalue weighted by atomic mass is 9.45. The topological polar surface area (TPSA) is 9.86 Å². The van der Waals surface area contributed by atoms with Crippen LogP contribution in [0.4, 0.5) is 0 Å². The molecule has 0 aliphatic carbocycles. The molecule has 0 fully saturated rings. The van der Waals surface area contributed by atoms with Crippen LogP contribution >= 0.6 is 0 Å². The highest BCUT2D eigenvalue weighted by atomic mass is 15.0. The minimum Gasteiger partial charge on any atom is -0.375 e. The smallest absolute Gasteiger partial charge is 0.333 e. The number of fused-ring (bicyclic) bond motifs is 10. The van der Waals surface area contributed by atoms with Crippen molar-refractivity contribution >= 4 is 61.4 Å². The maximum Gasteiger partial charge on any atom is 0.333 e. The highest BCUT2D eigenvalue weighted by Gasteiger charge is 2.42. The molecule has 49 heavy (non-hydrogen) atoms. The highest BCUT2D eigenvalue weighted by Crippen LogP contribution is 2.46. The molecule has 0 bridgehead atoms. The Balaban J connectivity index is 1.51. The third-order valence-corrected chi connectivity index (χ3v) is 11.7. The summed E-state index contributed by atoms with van der Waals surface area (Å²) in [6.07, 6.45) is 0. The van der Waals surface area contributed by atoms with Gasteiger partial charge in [-0.1, -0.05) is 113 Å². The van der Waals surface area contributed by atoms with Gasteiger partial charge in [-0.2, -0.15) is 0 Å². The summed E-state index contributed by atoms with van der Waals surface area (Å²) >= 11 is 0. The Morgan fingerprint density at radius 3 is 1.55 bits per heavy atom. The van der Waals surface area contributed by atoms with Gasteiger partial charge in [0.05, 0.1) is 11.0 Å². The predicted octanol–water partition coefficient (Wildman–Crippen LogP) is 11.0. The van der Waals surface area contributed by atoms with Crippen molar-refractivity contribution in [1.82, 2.24) is 9.05 Å². The molecule has 2 nitrogen and oxygen atoms in total. The van der Waals surface area contributed by atoms with E-state index in [0.29, 0.717) is 0 Å². The van der Waals surface area contributed by atoms with E-state index in [4.69, 9.17) is 0 Å². The van der Waals surface area contributed by atoms with Gasteiger partial charge in [-0.3, -0.25) is 0 Å². The van der Waals surface area contributed by atoms with Crippen molar-refractivity contribution in [2.75, 3.05) is 0 Å². The molecule has 3 heteroatoms. The van der Waals surface area contributed by atoms with E-state index in [2.05, 4.69) is 171 Å². The van der Waals surface area contributed by atoms with Crippen LogP contribution in [-0.4, -0.2) is 15.9 Å². The van der Waals surface area contributed by atoms with E-state index in [-0.39, 0.29) is 28.5 Å². The lowest BCUT2D eigenvalue weighted by molar-refractivity contribution is 0.590. The summed E-state index contributed by atoms with van der Waals surface area (Å²) in [7, 11) is 0. The second-order valence-corrected chi connectivity index (χ2v) is 19.2. The average Bonchev–Trinajstić information content (AvgIpc) is 3.52. The molecule has 2 aromatic heterocycles. The molecule has 0 unspecified atom stereocenters. The molecule has 0 saturated heterocycles. The van der Waals surface area contributed by atoms with Crippen LogP contribution in [0.25, 0.3) is 60.4 Å². The van der Waals surface area contributed by atoms with Crippen molar-refractivity contribution in [1.29, 1.82) is 0 Å². The number of benzene rings is 5. The first-order valence-corrected chi connectivity index (χ1v) is 18.2. The van der Waals surface area contributed by atoms with Crippen LogP contribution in [0.2, 0.25) is 0 Å². The molecule has 2 aliphatic rings. The average molecular weight is 641 g/mol. The summed E-state index contributed by atoms with van der Waals surface area (Å²) in [4.78, 5) is 0. The van der Waals surface area contributed by atoms with Gasteiger partial charge in [0.15, 0.2) is 0 Å². The zero-order valence-electron chi connectivity index (χ0n) is 31.5. The van der Waals surface area contributed by atoms with Crippen LogP contribution in [0.15, 0.2) is 78.9 Å². The molecule has 0 N–H and O–H groups in total. The van der Waals surface area contributed by atoms with Gasteiger partial charge in [0.25, 0.3) is 0 Å². The number of aromatic nitrogens is 2. The maximum atomic E-state index is 2.73. The van der Waals surface area contributed by atoms with Gasteiger partial charge < -0.3 is 9.05 Å². The Hall–Kier alpha value is -4.24. The fraction of sp³-hybridized carbons (Fsp3) is 0.348. The predicted molar refractivity (Wildman–Crippen MR) is 214 cm³/mol. The summed E-state index contributed by atoms with van der Waals surface area (Å²) < 4.78 is 5.33. The van der Waals surface area contributed by atoms with Gasteiger partial charge >= 0.3 is 6.85 Å². The van der Waals surface area contributed by atoms with Crippen molar-refractivity contribution in [2.45, 2.75) is 105 Å². The van der Waals surface area contributed by atoms with Crippen LogP contribution in [0.1, 0.15) is 105 Å². The molecule has 9 rings (SSSR count). The van der Waals surface area contributed by atoms with Gasteiger partial charge in [0.1, 0.15) is 0 Å². The molecule has 246 valence electrons. The van der Waals surface area contributed by atoms with Crippen molar-refractivity contribution in [2.24, 2.45) is 0 Å². The first-order valence-electron chi connectivity index (χ1n) is 18.2.